The molecule has 2 rings (SSSR count). The zero-order chi connectivity index (χ0) is 10.9. The van der Waals surface area contributed by atoms with E-state index in [2.05, 4.69) is 49.2 Å². The molecule has 1 heterocycles. The average Bonchev–Trinajstić information content (AvgIpc) is 2.38. The van der Waals surface area contributed by atoms with Crippen molar-refractivity contribution in [3.05, 3.63) is 35.4 Å². The second-order valence-electron chi connectivity index (χ2n) is 4.92. The standard InChI is InChI=1S/C13H16N2/c1-13(2,3)12-8-10-6-4-5-7-11(10)9-14-15-12/h4-7,9H,8H2,1-3H3. The molecule has 1 aromatic rings. The van der Waals surface area contributed by atoms with Gasteiger partial charge in [-0.05, 0) is 11.1 Å². The van der Waals surface area contributed by atoms with E-state index in [-0.39, 0.29) is 5.41 Å². The van der Waals surface area contributed by atoms with Crippen molar-refractivity contribution in [3.8, 4) is 0 Å². The van der Waals surface area contributed by atoms with Crippen LogP contribution in [-0.4, -0.2) is 11.9 Å². The molecule has 0 spiro atoms. The topological polar surface area (TPSA) is 24.7 Å². The normalized spacial score (nSPS) is 15.5. The summed E-state index contributed by atoms with van der Waals surface area (Å²) < 4.78 is 0. The molecule has 0 N–H and O–H groups in total. The summed E-state index contributed by atoms with van der Waals surface area (Å²) in [4.78, 5) is 0. The van der Waals surface area contributed by atoms with E-state index in [0.29, 0.717) is 0 Å². The van der Waals surface area contributed by atoms with Gasteiger partial charge in [-0.15, -0.1) is 0 Å². The molecule has 0 radical (unpaired) electrons. The minimum atomic E-state index is 0.0921. The van der Waals surface area contributed by atoms with E-state index in [1.165, 1.54) is 11.1 Å². The summed E-state index contributed by atoms with van der Waals surface area (Å²) in [6, 6.07) is 8.33. The van der Waals surface area contributed by atoms with E-state index >= 15 is 0 Å². The van der Waals surface area contributed by atoms with Gasteiger partial charge in [-0.1, -0.05) is 45.0 Å². The van der Waals surface area contributed by atoms with Crippen LogP contribution in [0.2, 0.25) is 0 Å². The number of hydrogen-bond acceptors (Lipinski definition) is 2. The summed E-state index contributed by atoms with van der Waals surface area (Å²) >= 11 is 0. The minimum absolute atomic E-state index is 0.0921. The van der Waals surface area contributed by atoms with Gasteiger partial charge in [0.15, 0.2) is 0 Å². The zero-order valence-corrected chi connectivity index (χ0v) is 9.49. The molecule has 0 saturated heterocycles. The van der Waals surface area contributed by atoms with Gasteiger partial charge in [0.05, 0.1) is 11.9 Å². The van der Waals surface area contributed by atoms with E-state index in [0.717, 1.165) is 12.1 Å². The van der Waals surface area contributed by atoms with Crippen molar-refractivity contribution >= 4 is 11.9 Å². The molecule has 0 saturated carbocycles. The third-order valence-electron chi connectivity index (χ3n) is 2.65. The Morgan fingerprint density at radius 1 is 1.13 bits per heavy atom. The SMILES string of the molecule is CC(C)(C)C1=NN=Cc2ccccc2C1. The van der Waals surface area contributed by atoms with Gasteiger partial charge in [0.1, 0.15) is 0 Å². The van der Waals surface area contributed by atoms with E-state index < -0.39 is 0 Å². The smallest absolute Gasteiger partial charge is 0.0570 e. The maximum absolute atomic E-state index is 4.30. The molecular formula is C13H16N2. The first kappa shape index (κ1) is 10.1. The summed E-state index contributed by atoms with van der Waals surface area (Å²) in [6.45, 7) is 6.53. The van der Waals surface area contributed by atoms with Crippen LogP contribution >= 0.6 is 0 Å². The van der Waals surface area contributed by atoms with Crippen molar-refractivity contribution in [1.82, 2.24) is 0 Å². The Balaban J connectivity index is 2.40. The summed E-state index contributed by atoms with van der Waals surface area (Å²) in [6.07, 6.45) is 2.74. The molecule has 1 aliphatic rings. The molecule has 15 heavy (non-hydrogen) atoms. The van der Waals surface area contributed by atoms with Crippen LogP contribution in [0, 0.1) is 5.41 Å². The Morgan fingerprint density at radius 2 is 1.87 bits per heavy atom. The Kier molecular flexibility index (Phi) is 2.43. The fraction of sp³-hybridized carbons (Fsp3) is 0.385. The van der Waals surface area contributed by atoms with Crippen LogP contribution in [0.3, 0.4) is 0 Å². The van der Waals surface area contributed by atoms with E-state index in [1.54, 1.807) is 0 Å². The quantitative estimate of drug-likeness (QED) is 0.615. The Bertz CT molecular complexity index is 422. The van der Waals surface area contributed by atoms with Gasteiger partial charge in [-0.3, -0.25) is 0 Å². The lowest BCUT2D eigenvalue weighted by Gasteiger charge is -2.20. The van der Waals surface area contributed by atoms with Gasteiger partial charge < -0.3 is 0 Å². The molecular weight excluding hydrogens is 184 g/mol. The summed E-state index contributed by atoms with van der Waals surface area (Å²) in [5, 5.41) is 8.42. The molecule has 2 heteroatoms. The predicted molar refractivity (Wildman–Crippen MR) is 64.6 cm³/mol. The van der Waals surface area contributed by atoms with Crippen LogP contribution in [-0.2, 0) is 6.42 Å². The highest BCUT2D eigenvalue weighted by molar-refractivity contribution is 5.95. The summed E-state index contributed by atoms with van der Waals surface area (Å²) in [7, 11) is 0. The average molecular weight is 200 g/mol. The van der Waals surface area contributed by atoms with Crippen LogP contribution < -0.4 is 0 Å². The highest BCUT2D eigenvalue weighted by Crippen LogP contribution is 2.22. The van der Waals surface area contributed by atoms with E-state index in [1.807, 2.05) is 12.3 Å². The number of fused-ring (bicyclic) bond motifs is 1. The molecule has 1 aromatic carbocycles. The summed E-state index contributed by atoms with van der Waals surface area (Å²) in [5.41, 5.74) is 3.73. The van der Waals surface area contributed by atoms with E-state index in [4.69, 9.17) is 0 Å². The first-order valence-corrected chi connectivity index (χ1v) is 5.25. The third-order valence-corrected chi connectivity index (χ3v) is 2.65. The number of hydrogen-bond donors (Lipinski definition) is 0. The van der Waals surface area contributed by atoms with Crippen LogP contribution in [0.1, 0.15) is 31.9 Å². The molecule has 0 aliphatic carbocycles. The van der Waals surface area contributed by atoms with Crippen molar-refractivity contribution in [2.75, 3.05) is 0 Å². The molecule has 0 unspecified atom stereocenters. The first-order valence-electron chi connectivity index (χ1n) is 5.25. The second-order valence-corrected chi connectivity index (χ2v) is 4.92. The number of nitrogens with zero attached hydrogens (tertiary/aromatic N) is 2. The van der Waals surface area contributed by atoms with Crippen molar-refractivity contribution in [1.29, 1.82) is 0 Å². The van der Waals surface area contributed by atoms with Crippen molar-refractivity contribution < 1.29 is 0 Å². The minimum Gasteiger partial charge on any atom is -0.159 e. The maximum Gasteiger partial charge on any atom is 0.0570 e. The Hall–Kier alpha value is -1.44. The molecule has 1 aliphatic heterocycles. The fourth-order valence-corrected chi connectivity index (χ4v) is 1.61. The monoisotopic (exact) mass is 200 g/mol. The van der Waals surface area contributed by atoms with Gasteiger partial charge in [-0.25, -0.2) is 0 Å². The highest BCUT2D eigenvalue weighted by atomic mass is 15.2. The zero-order valence-electron chi connectivity index (χ0n) is 9.49. The van der Waals surface area contributed by atoms with Gasteiger partial charge >= 0.3 is 0 Å². The maximum atomic E-state index is 4.30. The third kappa shape index (κ3) is 2.14. The van der Waals surface area contributed by atoms with Gasteiger partial charge in [0.2, 0.25) is 0 Å². The van der Waals surface area contributed by atoms with Crippen LogP contribution in [0.5, 0.6) is 0 Å². The molecule has 0 fully saturated rings. The van der Waals surface area contributed by atoms with Gasteiger partial charge in [0.25, 0.3) is 0 Å². The Labute approximate surface area is 90.7 Å². The largest absolute Gasteiger partial charge is 0.159 e. The highest BCUT2D eigenvalue weighted by Gasteiger charge is 2.21. The number of benzene rings is 1. The first-order chi connectivity index (χ1) is 7.07. The van der Waals surface area contributed by atoms with Gasteiger partial charge in [0, 0.05) is 11.8 Å². The predicted octanol–water partition coefficient (Wildman–Crippen LogP) is 3.06. The van der Waals surface area contributed by atoms with Crippen LogP contribution in [0.25, 0.3) is 0 Å². The molecule has 0 bridgehead atoms. The van der Waals surface area contributed by atoms with Gasteiger partial charge in [-0.2, -0.15) is 10.2 Å². The molecule has 0 amide bonds. The second kappa shape index (κ2) is 3.61. The molecule has 0 atom stereocenters. The van der Waals surface area contributed by atoms with Crippen LogP contribution in [0.15, 0.2) is 34.5 Å². The van der Waals surface area contributed by atoms with Crippen molar-refractivity contribution in [2.45, 2.75) is 27.2 Å². The summed E-state index contributed by atoms with van der Waals surface area (Å²) in [5.74, 6) is 0. The Morgan fingerprint density at radius 3 is 2.60 bits per heavy atom. The van der Waals surface area contributed by atoms with Crippen molar-refractivity contribution in [3.63, 3.8) is 0 Å². The molecule has 2 nitrogen and oxygen atoms in total. The molecule has 78 valence electrons. The molecule has 0 aromatic heterocycles. The van der Waals surface area contributed by atoms with E-state index in [9.17, 15) is 0 Å². The lowest BCUT2D eigenvalue weighted by Crippen LogP contribution is -2.22. The fourth-order valence-electron chi connectivity index (χ4n) is 1.61. The lowest BCUT2D eigenvalue weighted by atomic mass is 9.85. The lowest BCUT2D eigenvalue weighted by molar-refractivity contribution is 0.579. The number of rotatable bonds is 0. The van der Waals surface area contributed by atoms with Crippen molar-refractivity contribution in [2.24, 2.45) is 15.6 Å². The van der Waals surface area contributed by atoms with Crippen LogP contribution in [0.4, 0.5) is 0 Å².